The molecule has 5 aromatic carbocycles. The molecule has 0 aliphatic heterocycles. The number of hydrogen-bond donors (Lipinski definition) is 0. The van der Waals surface area contributed by atoms with Gasteiger partial charge >= 0.3 is 37.9 Å². The molecule has 1 unspecified atom stereocenters. The Kier molecular flexibility index (Phi) is 13.5. The molecule has 4 aliphatic carbocycles. The summed E-state index contributed by atoms with van der Waals surface area (Å²) in [5, 5.41) is 5.62. The van der Waals surface area contributed by atoms with E-state index in [1.54, 1.807) is 5.56 Å². The van der Waals surface area contributed by atoms with E-state index in [1.807, 2.05) is 0 Å². The first-order valence-electron chi connectivity index (χ1n) is 18.2. The monoisotopic (exact) mass is 770 g/mol. The van der Waals surface area contributed by atoms with Crippen LogP contribution in [0.15, 0.2) is 84.9 Å². The Bertz CT molecular complexity index is 1710. The fourth-order valence-corrected chi connectivity index (χ4v) is 9.37. The summed E-state index contributed by atoms with van der Waals surface area (Å²) in [4.78, 5) is 0. The molecule has 4 heteroatoms. The fraction of sp³-hybridized carbons (Fsp3) is 0.455. The Hall–Kier alpha value is -1.44. The van der Waals surface area contributed by atoms with Gasteiger partial charge in [-0.15, -0.1) is 69.1 Å². The zero-order chi connectivity index (χ0) is 34.4. The summed E-state index contributed by atoms with van der Waals surface area (Å²) >= 11 is -0.826. The molecule has 0 amide bonds. The molecule has 0 spiro atoms. The molecule has 48 heavy (non-hydrogen) atoms. The molecule has 4 bridgehead atoms. The van der Waals surface area contributed by atoms with Crippen molar-refractivity contribution in [3.63, 3.8) is 0 Å². The van der Waals surface area contributed by atoms with E-state index < -0.39 is 20.8 Å². The normalized spacial score (nSPS) is 22.7. The first-order valence-corrected chi connectivity index (χ1v) is 26.5. The Morgan fingerprint density at radius 3 is 1.88 bits per heavy atom. The summed E-state index contributed by atoms with van der Waals surface area (Å²) in [6, 6.07) is 32.5. The van der Waals surface area contributed by atoms with Crippen molar-refractivity contribution in [2.75, 3.05) is 0 Å². The molecule has 4 aliphatic rings. The van der Waals surface area contributed by atoms with E-state index in [4.69, 9.17) is 17.0 Å². The summed E-state index contributed by atoms with van der Waals surface area (Å²) < 4.78 is 0. The average Bonchev–Trinajstić information content (AvgIpc) is 3.68. The van der Waals surface area contributed by atoms with Crippen molar-refractivity contribution < 1.29 is 20.8 Å². The van der Waals surface area contributed by atoms with Crippen molar-refractivity contribution in [1.29, 1.82) is 0 Å². The van der Waals surface area contributed by atoms with Crippen LogP contribution in [-0.4, -0.2) is 9.52 Å². The number of rotatable bonds is 5. The second kappa shape index (κ2) is 17.2. The predicted molar refractivity (Wildman–Crippen MR) is 211 cm³/mol. The van der Waals surface area contributed by atoms with Crippen molar-refractivity contribution in [2.24, 2.45) is 17.8 Å². The summed E-state index contributed by atoms with van der Waals surface area (Å²) in [6.07, 6.45) is 10.1. The summed E-state index contributed by atoms with van der Waals surface area (Å²) in [5.74, 6) is 4.33. The molecule has 0 N–H and O–H groups in total. The van der Waals surface area contributed by atoms with Crippen LogP contribution < -0.4 is 0 Å². The van der Waals surface area contributed by atoms with Gasteiger partial charge in [0, 0.05) is 9.52 Å². The number of hydrogen-bond acceptors (Lipinski definition) is 0. The number of halogens is 2. The third-order valence-electron chi connectivity index (χ3n) is 11.4. The third-order valence-corrected chi connectivity index (χ3v) is 11.4. The molecule has 0 saturated heterocycles. The van der Waals surface area contributed by atoms with E-state index in [0.29, 0.717) is 17.3 Å². The predicted octanol–water partition coefficient (Wildman–Crippen LogP) is 14.4. The van der Waals surface area contributed by atoms with Crippen LogP contribution in [-0.2, 0) is 26.3 Å². The molecular weight excluding hydrogens is 719 g/mol. The van der Waals surface area contributed by atoms with Crippen LogP contribution in [0.25, 0.3) is 32.7 Å². The molecule has 0 aromatic heterocycles. The second-order valence-electron chi connectivity index (χ2n) is 15.3. The molecule has 0 heterocycles. The van der Waals surface area contributed by atoms with Crippen LogP contribution in [0.2, 0.25) is 13.1 Å². The standard InChI is InChI=1S/C26H27.C16H21.C2H6Si.2ClH.Zr/c1-17-9-22-3-2-4-24(25(22)10-17)21-5-7-23(8-6-21)26-14-18-11-19(15-26)13-20(12-18)16-26;1-5-12(4)15-8-6-7-13-9-14(11(2)3)10-16(13)15;1-3-2;;;/h2-10,18-20H,11-16H2,1H3;6-12H,5H2,1-4H3;1-2H3;2*1H;/q2*-1;;;;+4/p-2. The van der Waals surface area contributed by atoms with E-state index in [-0.39, 0.29) is 0 Å². The zero-order valence-corrected chi connectivity index (χ0v) is 35.1. The minimum absolute atomic E-state index is 0.510. The first-order chi connectivity index (χ1) is 23.1. The first kappa shape index (κ1) is 37.8. The van der Waals surface area contributed by atoms with Gasteiger partial charge in [0.2, 0.25) is 0 Å². The minimum atomic E-state index is -0.826. The van der Waals surface area contributed by atoms with Crippen molar-refractivity contribution in [2.45, 2.75) is 110 Å². The Labute approximate surface area is 312 Å². The van der Waals surface area contributed by atoms with Crippen LogP contribution in [0.1, 0.15) is 107 Å². The Morgan fingerprint density at radius 2 is 1.33 bits per heavy atom. The molecule has 2 radical (unpaired) electrons. The van der Waals surface area contributed by atoms with Gasteiger partial charge in [-0.2, -0.15) is 12.1 Å². The van der Waals surface area contributed by atoms with Gasteiger partial charge in [0.05, 0.1) is 0 Å². The Balaban J connectivity index is 0.000000176. The average molecular weight is 773 g/mol. The molecule has 252 valence electrons. The van der Waals surface area contributed by atoms with E-state index in [1.165, 1.54) is 94.3 Å². The van der Waals surface area contributed by atoms with Crippen LogP contribution >= 0.6 is 17.0 Å². The molecule has 4 saturated carbocycles. The zero-order valence-electron chi connectivity index (χ0n) is 30.2. The number of aryl methyl sites for hydroxylation is 1. The quantitative estimate of drug-likeness (QED) is 0.123. The van der Waals surface area contributed by atoms with Crippen LogP contribution in [0.4, 0.5) is 0 Å². The van der Waals surface area contributed by atoms with Gasteiger partial charge in [0.25, 0.3) is 0 Å². The fourth-order valence-electron chi connectivity index (χ4n) is 9.37. The summed E-state index contributed by atoms with van der Waals surface area (Å²) in [7, 11) is 11.0. The van der Waals surface area contributed by atoms with E-state index >= 15 is 0 Å². The second-order valence-corrected chi connectivity index (χ2v) is 20.0. The molecule has 4 fully saturated rings. The van der Waals surface area contributed by atoms with Crippen molar-refractivity contribution in [3.8, 4) is 11.1 Å². The van der Waals surface area contributed by atoms with Gasteiger partial charge in [-0.3, -0.25) is 0 Å². The van der Waals surface area contributed by atoms with E-state index in [2.05, 4.69) is 133 Å². The van der Waals surface area contributed by atoms with Gasteiger partial charge in [0.1, 0.15) is 0 Å². The molecule has 9 rings (SSSR count). The SMILES string of the molecule is CCC(C)c1cccc2[cH-]c(C(C)C)cc12.C[Si]C.Cc1cc2c(-c3ccc(C45CC6CC(CC(C6)C4)C5)cc3)cccc2[cH-]1.[Cl][Zr+2][Cl]. The third kappa shape index (κ3) is 8.53. The molecule has 5 aromatic rings. The Morgan fingerprint density at radius 1 is 0.792 bits per heavy atom. The topological polar surface area (TPSA) is 0 Å². The van der Waals surface area contributed by atoms with Crippen molar-refractivity contribution >= 4 is 48.1 Å². The van der Waals surface area contributed by atoms with Crippen LogP contribution in [0.5, 0.6) is 0 Å². The van der Waals surface area contributed by atoms with Gasteiger partial charge in [-0.1, -0.05) is 102 Å². The molecule has 1 atom stereocenters. The van der Waals surface area contributed by atoms with E-state index in [9.17, 15) is 0 Å². The summed E-state index contributed by atoms with van der Waals surface area (Å²) in [5.41, 5.74) is 9.22. The van der Waals surface area contributed by atoms with Gasteiger partial charge in [-0.05, 0) is 84.7 Å². The van der Waals surface area contributed by atoms with Crippen LogP contribution in [0, 0.1) is 24.7 Å². The molecular formula is C44H54Cl2SiZr. The van der Waals surface area contributed by atoms with Crippen molar-refractivity contribution in [1.82, 2.24) is 0 Å². The molecule has 0 nitrogen and oxygen atoms in total. The number of fused-ring (bicyclic) bond motifs is 2. The van der Waals surface area contributed by atoms with E-state index in [0.717, 1.165) is 27.3 Å². The van der Waals surface area contributed by atoms with Gasteiger partial charge in [-0.25, -0.2) is 0 Å². The van der Waals surface area contributed by atoms with Crippen molar-refractivity contribution in [3.05, 3.63) is 107 Å². The van der Waals surface area contributed by atoms with Gasteiger partial charge in [0.15, 0.2) is 0 Å². The summed E-state index contributed by atoms with van der Waals surface area (Å²) in [6.45, 7) is 15.6. The maximum absolute atomic E-state index is 4.93. The number of benzene rings is 3. The maximum atomic E-state index is 4.93. The van der Waals surface area contributed by atoms with Crippen LogP contribution in [0.3, 0.4) is 0 Å². The van der Waals surface area contributed by atoms with Gasteiger partial charge < -0.3 is 0 Å².